The smallest absolute Gasteiger partial charge is 0.407 e. The van der Waals surface area contributed by atoms with Crippen LogP contribution < -0.4 is 5.73 Å². The average Bonchev–Trinajstić information content (AvgIpc) is 2.19. The number of nitrogen functional groups attached to an aromatic ring is 1. The molecule has 82 valence electrons. The number of amides is 1. The van der Waals surface area contributed by atoms with Crippen LogP contribution in [0.4, 0.5) is 10.5 Å². The molecule has 15 heavy (non-hydrogen) atoms. The highest BCUT2D eigenvalue weighted by Crippen LogP contribution is 2.17. The predicted octanol–water partition coefficient (Wildman–Crippen LogP) is 2.08. The summed E-state index contributed by atoms with van der Waals surface area (Å²) in [6.45, 7) is 4.59. The zero-order chi connectivity index (χ0) is 11.4. The molecule has 0 heterocycles. The molecule has 0 aliphatic carbocycles. The fourth-order valence-electron chi connectivity index (χ4n) is 1.39. The molecule has 1 amide bonds. The highest BCUT2D eigenvalue weighted by atomic mass is 16.4. The van der Waals surface area contributed by atoms with E-state index in [1.54, 1.807) is 0 Å². The minimum Gasteiger partial charge on any atom is -0.465 e. The summed E-state index contributed by atoms with van der Waals surface area (Å²) in [5.41, 5.74) is 8.36. The van der Waals surface area contributed by atoms with E-state index in [1.165, 1.54) is 4.90 Å². The van der Waals surface area contributed by atoms with Crippen molar-refractivity contribution in [2.45, 2.75) is 20.4 Å². The molecule has 1 aromatic carbocycles. The molecule has 0 aliphatic heterocycles. The number of anilines is 1. The Kier molecular flexibility index (Phi) is 3.55. The third kappa shape index (κ3) is 2.62. The molecule has 0 radical (unpaired) electrons. The summed E-state index contributed by atoms with van der Waals surface area (Å²) in [7, 11) is 0. The molecule has 0 saturated heterocycles. The quantitative estimate of drug-likeness (QED) is 0.747. The molecule has 0 spiro atoms. The maximum absolute atomic E-state index is 10.8. The summed E-state index contributed by atoms with van der Waals surface area (Å²) >= 11 is 0. The van der Waals surface area contributed by atoms with Gasteiger partial charge in [-0.1, -0.05) is 12.1 Å². The molecule has 0 atom stereocenters. The van der Waals surface area contributed by atoms with E-state index in [-0.39, 0.29) is 0 Å². The molecule has 0 aromatic heterocycles. The van der Waals surface area contributed by atoms with Gasteiger partial charge in [0.25, 0.3) is 0 Å². The first-order valence-corrected chi connectivity index (χ1v) is 4.88. The van der Waals surface area contributed by atoms with Crippen molar-refractivity contribution in [1.29, 1.82) is 0 Å². The Balaban J connectivity index is 2.88. The molecule has 4 nitrogen and oxygen atoms in total. The first kappa shape index (κ1) is 11.4. The Labute approximate surface area is 89.3 Å². The van der Waals surface area contributed by atoms with Gasteiger partial charge in [0.2, 0.25) is 0 Å². The van der Waals surface area contributed by atoms with Crippen LogP contribution in [0.2, 0.25) is 0 Å². The van der Waals surface area contributed by atoms with Gasteiger partial charge in [-0.15, -0.1) is 0 Å². The largest absolute Gasteiger partial charge is 0.465 e. The van der Waals surface area contributed by atoms with Gasteiger partial charge in [-0.25, -0.2) is 4.79 Å². The van der Waals surface area contributed by atoms with Crippen LogP contribution in [0.15, 0.2) is 18.2 Å². The molecule has 0 aliphatic rings. The predicted molar refractivity (Wildman–Crippen MR) is 59.7 cm³/mol. The normalized spacial score (nSPS) is 10.0. The summed E-state index contributed by atoms with van der Waals surface area (Å²) in [6.07, 6.45) is -0.903. The van der Waals surface area contributed by atoms with E-state index in [4.69, 9.17) is 10.8 Å². The van der Waals surface area contributed by atoms with Gasteiger partial charge in [-0.3, -0.25) is 0 Å². The number of nitrogens with two attached hydrogens (primary N) is 1. The number of hydrogen-bond donors (Lipinski definition) is 2. The maximum Gasteiger partial charge on any atom is 0.407 e. The van der Waals surface area contributed by atoms with Crippen LogP contribution in [0.5, 0.6) is 0 Å². The lowest BCUT2D eigenvalue weighted by molar-refractivity contribution is 0.145. The van der Waals surface area contributed by atoms with Crippen LogP contribution in [0.3, 0.4) is 0 Å². The van der Waals surface area contributed by atoms with Crippen LogP contribution >= 0.6 is 0 Å². The molecule has 3 N–H and O–H groups in total. The monoisotopic (exact) mass is 208 g/mol. The van der Waals surface area contributed by atoms with Crippen LogP contribution in [0.25, 0.3) is 0 Å². The SMILES string of the molecule is CCN(Cc1cccc(N)c1C)C(=O)O. The van der Waals surface area contributed by atoms with Gasteiger partial charge in [0.05, 0.1) is 0 Å². The van der Waals surface area contributed by atoms with Crippen molar-refractivity contribution in [3.05, 3.63) is 29.3 Å². The van der Waals surface area contributed by atoms with Crippen molar-refractivity contribution in [1.82, 2.24) is 4.90 Å². The first-order valence-electron chi connectivity index (χ1n) is 4.88. The van der Waals surface area contributed by atoms with Crippen LogP contribution in [0, 0.1) is 6.92 Å². The Hall–Kier alpha value is -1.71. The van der Waals surface area contributed by atoms with Crippen molar-refractivity contribution < 1.29 is 9.90 Å². The number of nitrogens with zero attached hydrogens (tertiary/aromatic N) is 1. The second-order valence-corrected chi connectivity index (χ2v) is 3.43. The summed E-state index contributed by atoms with van der Waals surface area (Å²) < 4.78 is 0. The molecule has 0 fully saturated rings. The van der Waals surface area contributed by atoms with Crippen molar-refractivity contribution in [2.75, 3.05) is 12.3 Å². The fraction of sp³-hybridized carbons (Fsp3) is 0.364. The van der Waals surface area contributed by atoms with Gasteiger partial charge < -0.3 is 15.7 Å². The van der Waals surface area contributed by atoms with Crippen LogP contribution in [-0.2, 0) is 6.54 Å². The molecule has 1 rings (SSSR count). The number of rotatable bonds is 3. The number of benzene rings is 1. The van der Waals surface area contributed by atoms with Gasteiger partial charge in [0.1, 0.15) is 0 Å². The van der Waals surface area contributed by atoms with E-state index >= 15 is 0 Å². The lowest BCUT2D eigenvalue weighted by Crippen LogP contribution is -2.28. The van der Waals surface area contributed by atoms with E-state index in [9.17, 15) is 4.79 Å². The third-order valence-corrected chi connectivity index (χ3v) is 2.50. The van der Waals surface area contributed by atoms with Crippen molar-refractivity contribution in [2.24, 2.45) is 0 Å². The summed E-state index contributed by atoms with van der Waals surface area (Å²) in [6, 6.07) is 5.56. The Morgan fingerprint density at radius 1 is 1.53 bits per heavy atom. The van der Waals surface area contributed by atoms with Gasteiger partial charge in [0, 0.05) is 18.8 Å². The summed E-state index contributed by atoms with van der Waals surface area (Å²) in [5.74, 6) is 0. The Morgan fingerprint density at radius 2 is 2.20 bits per heavy atom. The zero-order valence-corrected chi connectivity index (χ0v) is 9.03. The minimum atomic E-state index is -0.903. The molecule has 4 heteroatoms. The molecular weight excluding hydrogens is 192 g/mol. The summed E-state index contributed by atoms with van der Waals surface area (Å²) in [4.78, 5) is 12.2. The highest BCUT2D eigenvalue weighted by molar-refractivity contribution is 5.65. The van der Waals surface area contributed by atoms with E-state index in [1.807, 2.05) is 32.0 Å². The van der Waals surface area contributed by atoms with Gasteiger partial charge in [-0.2, -0.15) is 0 Å². The highest BCUT2D eigenvalue weighted by Gasteiger charge is 2.11. The molecule has 0 bridgehead atoms. The minimum absolute atomic E-state index is 0.392. The van der Waals surface area contributed by atoms with Gasteiger partial charge in [-0.05, 0) is 31.0 Å². The Morgan fingerprint density at radius 3 is 2.73 bits per heavy atom. The summed E-state index contributed by atoms with van der Waals surface area (Å²) in [5, 5.41) is 8.89. The second-order valence-electron chi connectivity index (χ2n) is 3.43. The lowest BCUT2D eigenvalue weighted by Gasteiger charge is -2.18. The van der Waals surface area contributed by atoms with Crippen LogP contribution in [0.1, 0.15) is 18.1 Å². The standard InChI is InChI=1S/C11H16N2O2/c1-3-13(11(14)15)7-9-5-4-6-10(12)8(9)2/h4-6H,3,7,12H2,1-2H3,(H,14,15). The first-order chi connectivity index (χ1) is 7.06. The topological polar surface area (TPSA) is 66.6 Å². The zero-order valence-electron chi connectivity index (χ0n) is 9.03. The lowest BCUT2D eigenvalue weighted by atomic mass is 10.1. The van der Waals surface area contributed by atoms with Gasteiger partial charge in [0.15, 0.2) is 0 Å². The molecule has 0 unspecified atom stereocenters. The van der Waals surface area contributed by atoms with E-state index in [0.717, 1.165) is 11.1 Å². The van der Waals surface area contributed by atoms with E-state index in [2.05, 4.69) is 0 Å². The van der Waals surface area contributed by atoms with Crippen molar-refractivity contribution in [3.63, 3.8) is 0 Å². The van der Waals surface area contributed by atoms with Gasteiger partial charge >= 0.3 is 6.09 Å². The molecule has 1 aromatic rings. The Bertz CT molecular complexity index is 364. The molecular formula is C11H16N2O2. The number of carbonyl (C=O) groups is 1. The fourth-order valence-corrected chi connectivity index (χ4v) is 1.39. The molecule has 0 saturated carbocycles. The number of carboxylic acid groups (broad SMARTS) is 1. The maximum atomic E-state index is 10.8. The second kappa shape index (κ2) is 4.68. The van der Waals surface area contributed by atoms with Crippen molar-refractivity contribution >= 4 is 11.8 Å². The average molecular weight is 208 g/mol. The van der Waals surface area contributed by atoms with E-state index in [0.29, 0.717) is 18.8 Å². The number of hydrogen-bond acceptors (Lipinski definition) is 2. The van der Waals surface area contributed by atoms with Crippen LogP contribution in [-0.4, -0.2) is 22.6 Å². The van der Waals surface area contributed by atoms with E-state index < -0.39 is 6.09 Å². The van der Waals surface area contributed by atoms with Crippen molar-refractivity contribution in [3.8, 4) is 0 Å². The third-order valence-electron chi connectivity index (χ3n) is 2.50.